The number of hydrogen-bond acceptors (Lipinski definition) is 1. The van der Waals surface area contributed by atoms with Crippen LogP contribution < -0.4 is 0 Å². The van der Waals surface area contributed by atoms with Crippen LogP contribution in [0, 0.1) is 6.92 Å². The van der Waals surface area contributed by atoms with E-state index >= 15 is 0 Å². The highest BCUT2D eigenvalue weighted by Crippen LogP contribution is 2.31. The summed E-state index contributed by atoms with van der Waals surface area (Å²) in [6.07, 6.45) is 2.12. The summed E-state index contributed by atoms with van der Waals surface area (Å²) >= 11 is 1.80. The molecule has 0 saturated carbocycles. The monoisotopic (exact) mass is 227 g/mol. The lowest BCUT2D eigenvalue weighted by Gasteiger charge is -2.02. The van der Waals surface area contributed by atoms with Crippen LogP contribution in [0.3, 0.4) is 0 Å². The SMILES string of the molecule is CSc1ccc2c([nH]c3ccccc32)c1C. The van der Waals surface area contributed by atoms with E-state index in [4.69, 9.17) is 0 Å². The van der Waals surface area contributed by atoms with Crippen LogP contribution in [0.5, 0.6) is 0 Å². The summed E-state index contributed by atoms with van der Waals surface area (Å²) < 4.78 is 0. The molecule has 1 N–H and O–H groups in total. The lowest BCUT2D eigenvalue weighted by atomic mass is 10.1. The Morgan fingerprint density at radius 3 is 2.62 bits per heavy atom. The van der Waals surface area contributed by atoms with Gasteiger partial charge in [0.25, 0.3) is 0 Å². The molecule has 3 aromatic rings. The third kappa shape index (κ3) is 1.26. The average Bonchev–Trinajstić information content (AvgIpc) is 2.69. The number of rotatable bonds is 1. The van der Waals surface area contributed by atoms with Crippen LogP contribution >= 0.6 is 11.8 Å². The number of H-pyrrole nitrogens is 1. The first-order valence-corrected chi connectivity index (χ1v) is 6.58. The molecule has 0 radical (unpaired) electrons. The van der Waals surface area contributed by atoms with Gasteiger partial charge in [-0.1, -0.05) is 24.3 Å². The third-order valence-electron chi connectivity index (χ3n) is 3.11. The van der Waals surface area contributed by atoms with Gasteiger partial charge >= 0.3 is 0 Å². The molecule has 1 nitrogen and oxygen atoms in total. The molecule has 0 amide bonds. The Morgan fingerprint density at radius 2 is 1.81 bits per heavy atom. The second-order valence-electron chi connectivity index (χ2n) is 3.99. The summed E-state index contributed by atoms with van der Waals surface area (Å²) in [5, 5.41) is 2.64. The Bertz CT molecular complexity index is 667. The Labute approximate surface area is 98.9 Å². The summed E-state index contributed by atoms with van der Waals surface area (Å²) in [6, 6.07) is 12.9. The van der Waals surface area contributed by atoms with E-state index < -0.39 is 0 Å². The zero-order chi connectivity index (χ0) is 11.1. The molecule has 0 atom stereocenters. The van der Waals surface area contributed by atoms with E-state index in [9.17, 15) is 0 Å². The zero-order valence-electron chi connectivity index (χ0n) is 9.37. The summed E-state index contributed by atoms with van der Waals surface area (Å²) in [7, 11) is 0. The summed E-state index contributed by atoms with van der Waals surface area (Å²) in [5.74, 6) is 0. The third-order valence-corrected chi connectivity index (χ3v) is 3.99. The largest absolute Gasteiger partial charge is 0.354 e. The van der Waals surface area contributed by atoms with E-state index in [-0.39, 0.29) is 0 Å². The van der Waals surface area contributed by atoms with Crippen molar-refractivity contribution < 1.29 is 0 Å². The molecular weight excluding hydrogens is 214 g/mol. The Morgan fingerprint density at radius 1 is 1.00 bits per heavy atom. The minimum atomic E-state index is 1.22. The van der Waals surface area contributed by atoms with Crippen molar-refractivity contribution in [2.24, 2.45) is 0 Å². The van der Waals surface area contributed by atoms with Gasteiger partial charge in [0.1, 0.15) is 0 Å². The number of fused-ring (bicyclic) bond motifs is 3. The lowest BCUT2D eigenvalue weighted by molar-refractivity contribution is 1.32. The van der Waals surface area contributed by atoms with E-state index in [1.807, 2.05) is 0 Å². The number of aromatic nitrogens is 1. The Hall–Kier alpha value is -1.41. The van der Waals surface area contributed by atoms with Crippen molar-refractivity contribution in [1.82, 2.24) is 4.98 Å². The molecule has 0 aliphatic carbocycles. The molecule has 0 spiro atoms. The van der Waals surface area contributed by atoms with Gasteiger partial charge in [-0.05, 0) is 30.9 Å². The molecule has 0 aliphatic rings. The molecule has 2 heteroatoms. The Kier molecular flexibility index (Phi) is 2.18. The second kappa shape index (κ2) is 3.56. The molecule has 0 bridgehead atoms. The van der Waals surface area contributed by atoms with Crippen LogP contribution in [0.1, 0.15) is 5.56 Å². The summed E-state index contributed by atoms with van der Waals surface area (Å²) in [6.45, 7) is 2.18. The van der Waals surface area contributed by atoms with Gasteiger partial charge in [0, 0.05) is 21.2 Å². The first kappa shape index (κ1) is 9.79. The topological polar surface area (TPSA) is 15.8 Å². The van der Waals surface area contributed by atoms with Crippen LogP contribution in [0.4, 0.5) is 0 Å². The Balaban J connectivity index is 2.49. The maximum atomic E-state index is 3.51. The van der Waals surface area contributed by atoms with Gasteiger partial charge in [-0.3, -0.25) is 0 Å². The van der Waals surface area contributed by atoms with Gasteiger partial charge in [0.15, 0.2) is 0 Å². The van der Waals surface area contributed by atoms with Crippen LogP contribution in [0.15, 0.2) is 41.3 Å². The number of nitrogens with one attached hydrogen (secondary N) is 1. The smallest absolute Gasteiger partial charge is 0.0505 e. The van der Waals surface area contributed by atoms with Crippen molar-refractivity contribution >= 4 is 33.6 Å². The van der Waals surface area contributed by atoms with Gasteiger partial charge < -0.3 is 4.98 Å². The van der Waals surface area contributed by atoms with E-state index in [0.717, 1.165) is 0 Å². The molecule has 16 heavy (non-hydrogen) atoms. The number of hydrogen-bond donors (Lipinski definition) is 1. The number of para-hydroxylation sites is 1. The molecule has 1 aromatic heterocycles. The second-order valence-corrected chi connectivity index (χ2v) is 4.83. The fourth-order valence-corrected chi connectivity index (χ4v) is 2.87. The summed E-state index contributed by atoms with van der Waals surface area (Å²) in [5.41, 5.74) is 3.84. The van der Waals surface area contributed by atoms with Crippen molar-refractivity contribution in [3.63, 3.8) is 0 Å². The standard InChI is InChI=1S/C14H13NS/c1-9-13(16-2)8-7-11-10-5-3-4-6-12(10)15-14(9)11/h3-8,15H,1-2H3. The maximum absolute atomic E-state index is 3.51. The van der Waals surface area contributed by atoms with Crippen LogP contribution in [0.2, 0.25) is 0 Å². The molecule has 80 valence electrons. The molecule has 0 saturated heterocycles. The van der Waals surface area contributed by atoms with Crippen molar-refractivity contribution in [3.05, 3.63) is 42.0 Å². The van der Waals surface area contributed by atoms with Crippen molar-refractivity contribution in [2.45, 2.75) is 11.8 Å². The maximum Gasteiger partial charge on any atom is 0.0505 e. The zero-order valence-corrected chi connectivity index (χ0v) is 10.2. The molecule has 0 aliphatic heterocycles. The van der Waals surface area contributed by atoms with Crippen molar-refractivity contribution in [2.75, 3.05) is 6.26 Å². The minimum Gasteiger partial charge on any atom is -0.354 e. The van der Waals surface area contributed by atoms with E-state index in [0.29, 0.717) is 0 Å². The molecule has 3 rings (SSSR count). The fourth-order valence-electron chi connectivity index (χ4n) is 2.26. The van der Waals surface area contributed by atoms with Crippen molar-refractivity contribution in [1.29, 1.82) is 0 Å². The molecule has 2 aromatic carbocycles. The minimum absolute atomic E-state index is 1.22. The molecule has 0 unspecified atom stereocenters. The first-order chi connectivity index (χ1) is 7.81. The molecule has 1 heterocycles. The number of thioether (sulfide) groups is 1. The fraction of sp³-hybridized carbons (Fsp3) is 0.143. The predicted molar refractivity (Wildman–Crippen MR) is 72.3 cm³/mol. The average molecular weight is 227 g/mol. The molecule has 0 fully saturated rings. The van der Waals surface area contributed by atoms with Gasteiger partial charge in [0.2, 0.25) is 0 Å². The quantitative estimate of drug-likeness (QED) is 0.611. The first-order valence-electron chi connectivity index (χ1n) is 5.35. The number of aromatic amines is 1. The van der Waals surface area contributed by atoms with Gasteiger partial charge in [-0.2, -0.15) is 0 Å². The highest BCUT2D eigenvalue weighted by molar-refractivity contribution is 7.98. The van der Waals surface area contributed by atoms with Gasteiger partial charge in [-0.15, -0.1) is 11.8 Å². The van der Waals surface area contributed by atoms with Crippen molar-refractivity contribution in [3.8, 4) is 0 Å². The van der Waals surface area contributed by atoms with Gasteiger partial charge in [-0.25, -0.2) is 0 Å². The highest BCUT2D eigenvalue weighted by Gasteiger charge is 2.07. The normalized spacial score (nSPS) is 11.4. The van der Waals surface area contributed by atoms with Crippen LogP contribution in [0.25, 0.3) is 21.8 Å². The predicted octanol–water partition coefficient (Wildman–Crippen LogP) is 4.35. The van der Waals surface area contributed by atoms with Crippen LogP contribution in [-0.2, 0) is 0 Å². The van der Waals surface area contributed by atoms with Crippen LogP contribution in [-0.4, -0.2) is 11.2 Å². The van der Waals surface area contributed by atoms with E-state index in [1.54, 1.807) is 11.8 Å². The highest BCUT2D eigenvalue weighted by atomic mass is 32.2. The molecular formula is C14H13NS. The van der Waals surface area contributed by atoms with E-state index in [1.165, 1.54) is 32.3 Å². The lowest BCUT2D eigenvalue weighted by Crippen LogP contribution is -1.80. The number of benzene rings is 2. The van der Waals surface area contributed by atoms with E-state index in [2.05, 4.69) is 54.6 Å². The summed E-state index contributed by atoms with van der Waals surface area (Å²) in [4.78, 5) is 4.85. The number of aryl methyl sites for hydroxylation is 1. The van der Waals surface area contributed by atoms with Gasteiger partial charge in [0.05, 0.1) is 5.52 Å².